The molecule has 0 saturated carbocycles. The zero-order chi connectivity index (χ0) is 11.3. The molecule has 15 heavy (non-hydrogen) atoms. The molecule has 1 rings (SSSR count). The summed E-state index contributed by atoms with van der Waals surface area (Å²) in [6.07, 6.45) is 2.34. The second-order valence-corrected chi connectivity index (χ2v) is 3.42. The third kappa shape index (κ3) is 2.95. The first-order valence-corrected chi connectivity index (χ1v) is 4.95. The van der Waals surface area contributed by atoms with Crippen LogP contribution in [-0.2, 0) is 6.42 Å². The summed E-state index contributed by atoms with van der Waals surface area (Å²) in [6.45, 7) is 0.176. The predicted molar refractivity (Wildman–Crippen MR) is 59.4 cm³/mol. The monoisotopic (exact) mass is 208 g/mol. The number of amides is 1. The standard InChI is InChI=1S/C11H16N2O2/c12-10-8(4-1-2-7-14)5-3-6-9(10)11(13)15/h3,5-6,14H,1-2,4,7,12H2,(H2,13,15). The van der Waals surface area contributed by atoms with E-state index < -0.39 is 5.91 Å². The number of nitrogens with two attached hydrogens (primary N) is 2. The van der Waals surface area contributed by atoms with E-state index in [4.69, 9.17) is 16.6 Å². The lowest BCUT2D eigenvalue weighted by Gasteiger charge is -2.08. The molecule has 0 bridgehead atoms. The topological polar surface area (TPSA) is 89.3 Å². The van der Waals surface area contributed by atoms with Gasteiger partial charge in [0.1, 0.15) is 0 Å². The zero-order valence-electron chi connectivity index (χ0n) is 8.57. The third-order valence-electron chi connectivity index (χ3n) is 2.32. The Hall–Kier alpha value is -1.55. The molecule has 0 fully saturated rings. The van der Waals surface area contributed by atoms with E-state index in [1.807, 2.05) is 6.07 Å². The highest BCUT2D eigenvalue weighted by molar-refractivity contribution is 5.98. The van der Waals surface area contributed by atoms with Crippen molar-refractivity contribution in [2.24, 2.45) is 5.73 Å². The van der Waals surface area contributed by atoms with Crippen molar-refractivity contribution in [3.8, 4) is 0 Å². The molecule has 0 saturated heterocycles. The minimum atomic E-state index is -0.503. The van der Waals surface area contributed by atoms with Crippen molar-refractivity contribution in [3.63, 3.8) is 0 Å². The minimum Gasteiger partial charge on any atom is -0.398 e. The molecule has 0 aliphatic heterocycles. The van der Waals surface area contributed by atoms with Crippen LogP contribution in [0.25, 0.3) is 0 Å². The number of anilines is 1. The number of aryl methyl sites for hydroxylation is 1. The van der Waals surface area contributed by atoms with Gasteiger partial charge in [0.2, 0.25) is 0 Å². The first-order valence-electron chi connectivity index (χ1n) is 4.95. The van der Waals surface area contributed by atoms with Gasteiger partial charge in [-0.15, -0.1) is 0 Å². The molecule has 4 heteroatoms. The van der Waals surface area contributed by atoms with Crippen molar-refractivity contribution in [1.29, 1.82) is 0 Å². The van der Waals surface area contributed by atoms with E-state index in [2.05, 4.69) is 0 Å². The molecule has 0 atom stereocenters. The lowest BCUT2D eigenvalue weighted by molar-refractivity contribution is 0.100. The van der Waals surface area contributed by atoms with Gasteiger partial charge in [0, 0.05) is 12.3 Å². The fourth-order valence-corrected chi connectivity index (χ4v) is 1.47. The molecule has 1 aromatic rings. The van der Waals surface area contributed by atoms with Gasteiger partial charge >= 0.3 is 0 Å². The summed E-state index contributed by atoms with van der Waals surface area (Å²) < 4.78 is 0. The van der Waals surface area contributed by atoms with Crippen LogP contribution in [0.15, 0.2) is 18.2 Å². The Kier molecular flexibility index (Phi) is 4.12. The van der Waals surface area contributed by atoms with Crippen LogP contribution in [0.2, 0.25) is 0 Å². The highest BCUT2D eigenvalue weighted by Gasteiger charge is 2.08. The molecule has 0 unspecified atom stereocenters. The van der Waals surface area contributed by atoms with E-state index in [0.29, 0.717) is 11.3 Å². The number of hydrogen-bond acceptors (Lipinski definition) is 3. The summed E-state index contributed by atoms with van der Waals surface area (Å²) in [7, 11) is 0. The number of unbranched alkanes of at least 4 members (excludes halogenated alkanes) is 1. The van der Waals surface area contributed by atoms with Crippen molar-refractivity contribution in [3.05, 3.63) is 29.3 Å². The number of benzene rings is 1. The van der Waals surface area contributed by atoms with E-state index in [-0.39, 0.29) is 6.61 Å². The summed E-state index contributed by atoms with van der Waals surface area (Å²) >= 11 is 0. The Morgan fingerprint density at radius 3 is 2.67 bits per heavy atom. The lowest BCUT2D eigenvalue weighted by atomic mass is 10.0. The maximum atomic E-state index is 11.0. The first kappa shape index (κ1) is 11.5. The molecular weight excluding hydrogens is 192 g/mol. The molecule has 0 radical (unpaired) electrons. The van der Waals surface area contributed by atoms with Gasteiger partial charge < -0.3 is 16.6 Å². The van der Waals surface area contributed by atoms with Crippen molar-refractivity contribution in [2.75, 3.05) is 12.3 Å². The van der Waals surface area contributed by atoms with Gasteiger partial charge in [-0.1, -0.05) is 12.1 Å². The van der Waals surface area contributed by atoms with Crippen molar-refractivity contribution in [2.45, 2.75) is 19.3 Å². The average Bonchev–Trinajstić information content (AvgIpc) is 2.20. The van der Waals surface area contributed by atoms with Crippen LogP contribution in [0.5, 0.6) is 0 Å². The van der Waals surface area contributed by atoms with Gasteiger partial charge in [0.05, 0.1) is 5.56 Å². The molecule has 0 aliphatic rings. The Morgan fingerprint density at radius 2 is 2.07 bits per heavy atom. The van der Waals surface area contributed by atoms with Crippen LogP contribution in [0, 0.1) is 0 Å². The predicted octanol–water partition coefficient (Wildman–Crippen LogP) is 0.683. The zero-order valence-corrected chi connectivity index (χ0v) is 8.57. The average molecular weight is 208 g/mol. The number of aliphatic hydroxyl groups excluding tert-OH is 1. The molecule has 4 nitrogen and oxygen atoms in total. The highest BCUT2D eigenvalue weighted by atomic mass is 16.2. The van der Waals surface area contributed by atoms with Crippen LogP contribution in [-0.4, -0.2) is 17.6 Å². The van der Waals surface area contributed by atoms with Gasteiger partial charge in [-0.05, 0) is 30.9 Å². The fraction of sp³-hybridized carbons (Fsp3) is 0.364. The van der Waals surface area contributed by atoms with Crippen LogP contribution < -0.4 is 11.5 Å². The largest absolute Gasteiger partial charge is 0.398 e. The maximum Gasteiger partial charge on any atom is 0.250 e. The van der Waals surface area contributed by atoms with Crippen LogP contribution >= 0.6 is 0 Å². The molecule has 0 aliphatic carbocycles. The summed E-state index contributed by atoms with van der Waals surface area (Å²) in [5, 5.41) is 8.65. The molecule has 0 spiro atoms. The second kappa shape index (κ2) is 5.36. The van der Waals surface area contributed by atoms with Gasteiger partial charge in [0.15, 0.2) is 0 Å². The normalized spacial score (nSPS) is 10.2. The molecule has 5 N–H and O–H groups in total. The van der Waals surface area contributed by atoms with Gasteiger partial charge in [0.25, 0.3) is 5.91 Å². The van der Waals surface area contributed by atoms with E-state index in [0.717, 1.165) is 24.8 Å². The molecule has 1 amide bonds. The number of rotatable bonds is 5. The number of hydrogen-bond donors (Lipinski definition) is 3. The first-order chi connectivity index (χ1) is 7.16. The summed E-state index contributed by atoms with van der Waals surface area (Å²) in [6, 6.07) is 5.26. The van der Waals surface area contributed by atoms with Gasteiger partial charge in [-0.25, -0.2) is 0 Å². The second-order valence-electron chi connectivity index (χ2n) is 3.42. The maximum absolute atomic E-state index is 11.0. The third-order valence-corrected chi connectivity index (χ3v) is 2.32. The fourth-order valence-electron chi connectivity index (χ4n) is 1.47. The highest BCUT2D eigenvalue weighted by Crippen LogP contribution is 2.18. The van der Waals surface area contributed by atoms with Gasteiger partial charge in [-0.2, -0.15) is 0 Å². The van der Waals surface area contributed by atoms with E-state index in [9.17, 15) is 4.79 Å². The Labute approximate surface area is 88.9 Å². The Morgan fingerprint density at radius 1 is 1.33 bits per heavy atom. The minimum absolute atomic E-state index is 0.176. The van der Waals surface area contributed by atoms with Crippen molar-refractivity contribution in [1.82, 2.24) is 0 Å². The van der Waals surface area contributed by atoms with Crippen molar-refractivity contribution >= 4 is 11.6 Å². The quantitative estimate of drug-likeness (QED) is 0.491. The number of nitrogen functional groups attached to an aromatic ring is 1. The van der Waals surface area contributed by atoms with Crippen LogP contribution in [0.1, 0.15) is 28.8 Å². The number of para-hydroxylation sites is 1. The summed E-state index contributed by atoms with van der Waals surface area (Å²) in [5.74, 6) is -0.503. The Bertz CT molecular complexity index is 350. The van der Waals surface area contributed by atoms with E-state index in [1.165, 1.54) is 0 Å². The molecule has 0 aromatic heterocycles. The Balaban J connectivity index is 2.80. The number of aliphatic hydroxyl groups is 1. The number of carbonyl (C=O) groups is 1. The molecular formula is C11H16N2O2. The molecule has 82 valence electrons. The van der Waals surface area contributed by atoms with Gasteiger partial charge in [-0.3, -0.25) is 4.79 Å². The van der Waals surface area contributed by atoms with Crippen molar-refractivity contribution < 1.29 is 9.90 Å². The molecule has 1 aromatic carbocycles. The SMILES string of the molecule is NC(=O)c1cccc(CCCCO)c1N. The molecule has 0 heterocycles. The summed E-state index contributed by atoms with van der Waals surface area (Å²) in [5.41, 5.74) is 12.7. The number of carbonyl (C=O) groups excluding carboxylic acids is 1. The van der Waals surface area contributed by atoms with Crippen LogP contribution in [0.4, 0.5) is 5.69 Å². The van der Waals surface area contributed by atoms with E-state index in [1.54, 1.807) is 12.1 Å². The van der Waals surface area contributed by atoms with E-state index >= 15 is 0 Å². The summed E-state index contributed by atoms with van der Waals surface area (Å²) in [4.78, 5) is 11.0. The smallest absolute Gasteiger partial charge is 0.250 e. The lowest BCUT2D eigenvalue weighted by Crippen LogP contribution is -2.14. The van der Waals surface area contributed by atoms with Crippen LogP contribution in [0.3, 0.4) is 0 Å². The number of primary amides is 1.